The molecule has 0 aliphatic carbocycles. The van der Waals surface area contributed by atoms with Gasteiger partial charge in [-0.1, -0.05) is 0 Å². The number of anilines is 1. The molecule has 1 aromatic heterocycles. The van der Waals surface area contributed by atoms with E-state index in [2.05, 4.69) is 4.98 Å². The molecule has 1 unspecified atom stereocenters. The number of carbonyl (C=O) groups is 2. The second-order valence-electron chi connectivity index (χ2n) is 9.00. The Morgan fingerprint density at radius 2 is 1.61 bits per heavy atom. The van der Waals surface area contributed by atoms with Crippen LogP contribution in [0.2, 0.25) is 0 Å². The zero-order chi connectivity index (χ0) is 23.7. The molecule has 3 N–H and O–H groups in total. The van der Waals surface area contributed by atoms with E-state index >= 15 is 0 Å². The average molecular weight is 443 g/mol. The van der Waals surface area contributed by atoms with E-state index in [0.717, 1.165) is 16.8 Å². The van der Waals surface area contributed by atoms with E-state index in [4.69, 9.17) is 14.2 Å². The minimum Gasteiger partial charge on any atom is -0.443 e. The van der Waals surface area contributed by atoms with Crippen LogP contribution < -0.4 is 10.6 Å². The van der Waals surface area contributed by atoms with Crippen molar-refractivity contribution >= 4 is 18.0 Å². The van der Waals surface area contributed by atoms with Crippen molar-refractivity contribution in [1.82, 2.24) is 9.55 Å². The Hall–Kier alpha value is -2.54. The minimum absolute atomic E-state index is 0.364. The first-order valence-corrected chi connectivity index (χ1v) is 9.62. The summed E-state index contributed by atoms with van der Waals surface area (Å²) in [6.07, 6.45) is -6.40. The monoisotopic (exact) mass is 443 g/mol. The Bertz CT molecular complexity index is 844. The maximum absolute atomic E-state index is 12.6. The van der Waals surface area contributed by atoms with E-state index in [0.29, 0.717) is 4.90 Å². The molecule has 1 fully saturated rings. The highest BCUT2D eigenvalue weighted by atomic mass is 16.6. The lowest BCUT2D eigenvalue weighted by atomic mass is 10.1. The number of aliphatic hydroxyl groups excluding tert-OH is 3. The Kier molecular flexibility index (Phi) is 7.10. The summed E-state index contributed by atoms with van der Waals surface area (Å²) in [5.74, 6) is -0.364. The van der Waals surface area contributed by atoms with E-state index in [-0.39, 0.29) is 5.82 Å². The highest BCUT2D eigenvalue weighted by Gasteiger charge is 2.44. The Morgan fingerprint density at radius 1 is 1.10 bits per heavy atom. The van der Waals surface area contributed by atoms with Crippen molar-refractivity contribution in [3.63, 3.8) is 0 Å². The van der Waals surface area contributed by atoms with Crippen LogP contribution in [-0.2, 0) is 14.2 Å². The van der Waals surface area contributed by atoms with Gasteiger partial charge in [0.25, 0.3) is 0 Å². The van der Waals surface area contributed by atoms with Crippen LogP contribution in [0, 0.1) is 0 Å². The summed E-state index contributed by atoms with van der Waals surface area (Å²) in [6, 6.07) is 1.16. The van der Waals surface area contributed by atoms with Gasteiger partial charge in [0.05, 0.1) is 6.61 Å². The van der Waals surface area contributed by atoms with Crippen LogP contribution in [0.4, 0.5) is 15.4 Å². The molecule has 4 atom stereocenters. The molecule has 1 aliphatic heterocycles. The maximum Gasteiger partial charge on any atom is 0.425 e. The number of aromatic nitrogens is 2. The lowest BCUT2D eigenvalue weighted by Crippen LogP contribution is -2.45. The third-order valence-electron chi connectivity index (χ3n) is 3.99. The van der Waals surface area contributed by atoms with Gasteiger partial charge in [0.2, 0.25) is 0 Å². The van der Waals surface area contributed by atoms with E-state index in [1.54, 1.807) is 41.5 Å². The van der Waals surface area contributed by atoms with Gasteiger partial charge in [-0.15, -0.1) is 0 Å². The standard InChI is InChI=1S/C19H29N3O9/c1-18(2,3)30-16(27)22(17(28)31-19(4,5)6)11-7-8-21(15(26)20-11)14-13(25)12(24)10(9-23)29-14/h7-8,10,12-14,23-25H,9H2,1-6H3/t10-,12-,13-,14?/m1/s1. The third-order valence-corrected chi connectivity index (χ3v) is 3.99. The molecule has 0 radical (unpaired) electrons. The van der Waals surface area contributed by atoms with Gasteiger partial charge in [-0.2, -0.15) is 9.88 Å². The predicted molar refractivity (Wildman–Crippen MR) is 106 cm³/mol. The van der Waals surface area contributed by atoms with Crippen LogP contribution in [0.15, 0.2) is 17.1 Å². The number of aliphatic hydroxyl groups is 3. The van der Waals surface area contributed by atoms with Crippen LogP contribution in [0.25, 0.3) is 0 Å². The van der Waals surface area contributed by atoms with Gasteiger partial charge in [-0.25, -0.2) is 14.4 Å². The third kappa shape index (κ3) is 6.00. The van der Waals surface area contributed by atoms with E-state index < -0.39 is 60.2 Å². The van der Waals surface area contributed by atoms with Gasteiger partial charge in [-0.05, 0) is 47.6 Å². The molecule has 12 nitrogen and oxygen atoms in total. The van der Waals surface area contributed by atoms with Crippen molar-refractivity contribution < 1.29 is 39.1 Å². The summed E-state index contributed by atoms with van der Waals surface area (Å²) in [6.45, 7) is 9.05. The number of carbonyl (C=O) groups excluding carboxylic acids is 2. The molecule has 0 aromatic carbocycles. The molecular formula is C19H29N3O9. The molecule has 1 aromatic rings. The Balaban J connectivity index is 2.41. The van der Waals surface area contributed by atoms with Gasteiger partial charge < -0.3 is 29.5 Å². The lowest BCUT2D eigenvalue weighted by Gasteiger charge is -2.28. The normalized spacial score (nSPS) is 24.0. The zero-order valence-electron chi connectivity index (χ0n) is 18.3. The molecular weight excluding hydrogens is 414 g/mol. The fraction of sp³-hybridized carbons (Fsp3) is 0.684. The summed E-state index contributed by atoms with van der Waals surface area (Å²) in [4.78, 5) is 42.1. The molecule has 0 saturated carbocycles. The van der Waals surface area contributed by atoms with Crippen molar-refractivity contribution in [3.05, 3.63) is 22.7 Å². The molecule has 2 amide bonds. The largest absolute Gasteiger partial charge is 0.443 e. The Labute approximate surface area is 179 Å². The van der Waals surface area contributed by atoms with Gasteiger partial charge in [0.1, 0.15) is 29.5 Å². The first-order valence-electron chi connectivity index (χ1n) is 9.62. The first kappa shape index (κ1) is 24.7. The molecule has 2 heterocycles. The predicted octanol–water partition coefficient (Wildman–Crippen LogP) is 0.531. The van der Waals surface area contributed by atoms with Gasteiger partial charge in [0, 0.05) is 6.20 Å². The summed E-state index contributed by atoms with van der Waals surface area (Å²) >= 11 is 0. The van der Waals surface area contributed by atoms with Crippen molar-refractivity contribution in [2.45, 2.75) is 77.3 Å². The number of nitrogens with zero attached hydrogens (tertiary/aromatic N) is 3. The second kappa shape index (κ2) is 8.91. The summed E-state index contributed by atoms with van der Waals surface area (Å²) in [5.41, 5.74) is -2.86. The fourth-order valence-corrected chi connectivity index (χ4v) is 2.71. The highest BCUT2D eigenvalue weighted by molar-refractivity contribution is 6.08. The number of hydrogen-bond donors (Lipinski definition) is 3. The van der Waals surface area contributed by atoms with E-state index in [9.17, 15) is 29.7 Å². The molecule has 0 spiro atoms. The smallest absolute Gasteiger partial charge is 0.425 e. The van der Waals surface area contributed by atoms with Gasteiger partial charge >= 0.3 is 17.9 Å². The summed E-state index contributed by atoms with van der Waals surface area (Å²) in [5, 5.41) is 29.2. The fourth-order valence-electron chi connectivity index (χ4n) is 2.71. The summed E-state index contributed by atoms with van der Waals surface area (Å²) in [7, 11) is 0. The van der Waals surface area contributed by atoms with E-state index in [1.807, 2.05) is 0 Å². The van der Waals surface area contributed by atoms with Crippen molar-refractivity contribution in [3.8, 4) is 0 Å². The van der Waals surface area contributed by atoms with Crippen LogP contribution in [0.5, 0.6) is 0 Å². The SMILES string of the molecule is CC(C)(C)OC(=O)N(C(=O)OC(C)(C)C)c1ccn(C2O[C@H](CO)[C@@H](O)[C@H]2O)c(=O)n1. The number of ether oxygens (including phenoxy) is 3. The molecule has 1 saturated heterocycles. The maximum atomic E-state index is 12.6. The number of imide groups is 1. The van der Waals surface area contributed by atoms with Crippen LogP contribution in [0.3, 0.4) is 0 Å². The van der Waals surface area contributed by atoms with Crippen LogP contribution in [-0.4, -0.2) is 73.2 Å². The molecule has 1 aliphatic rings. The van der Waals surface area contributed by atoms with Gasteiger partial charge in [-0.3, -0.25) is 4.57 Å². The Morgan fingerprint density at radius 3 is 2.00 bits per heavy atom. The lowest BCUT2D eigenvalue weighted by molar-refractivity contribution is -0.0549. The van der Waals surface area contributed by atoms with Crippen molar-refractivity contribution in [2.24, 2.45) is 0 Å². The average Bonchev–Trinajstić information content (AvgIpc) is 2.87. The minimum atomic E-state index is -1.50. The topological polar surface area (TPSA) is 161 Å². The number of amides is 2. The summed E-state index contributed by atoms with van der Waals surface area (Å²) < 4.78 is 16.6. The van der Waals surface area contributed by atoms with Crippen molar-refractivity contribution in [1.29, 1.82) is 0 Å². The molecule has 174 valence electrons. The highest BCUT2D eigenvalue weighted by Crippen LogP contribution is 2.28. The van der Waals surface area contributed by atoms with Gasteiger partial charge in [0.15, 0.2) is 12.0 Å². The zero-order valence-corrected chi connectivity index (χ0v) is 18.3. The first-order chi connectivity index (χ1) is 14.1. The molecule has 2 rings (SSSR count). The second-order valence-corrected chi connectivity index (χ2v) is 9.00. The van der Waals surface area contributed by atoms with Crippen LogP contribution >= 0.6 is 0 Å². The molecule has 12 heteroatoms. The van der Waals surface area contributed by atoms with Crippen molar-refractivity contribution in [2.75, 3.05) is 11.5 Å². The quantitative estimate of drug-likeness (QED) is 0.601. The molecule has 0 bridgehead atoms. The van der Waals surface area contributed by atoms with E-state index in [1.165, 1.54) is 0 Å². The van der Waals surface area contributed by atoms with Crippen LogP contribution in [0.1, 0.15) is 47.8 Å². The molecule has 31 heavy (non-hydrogen) atoms. The number of hydrogen-bond acceptors (Lipinski definition) is 10. The number of rotatable bonds is 3.